The molecule has 0 radical (unpaired) electrons. The Bertz CT molecular complexity index is 730. The van der Waals surface area contributed by atoms with E-state index in [1.165, 1.54) is 89.9 Å². The van der Waals surface area contributed by atoms with Crippen molar-refractivity contribution in [2.24, 2.45) is 0 Å². The summed E-state index contributed by atoms with van der Waals surface area (Å²) in [5.74, 6) is -0.342. The molecule has 0 saturated heterocycles. The first-order chi connectivity index (χ1) is 21.5. The minimum absolute atomic E-state index is 0.00970. The van der Waals surface area contributed by atoms with Gasteiger partial charge in [-0.15, -0.1) is 0 Å². The number of hydrogen-bond acceptors (Lipinski definition) is 4. The van der Waals surface area contributed by atoms with Crippen LogP contribution in [0, 0.1) is 0 Å². The van der Waals surface area contributed by atoms with Gasteiger partial charge in [-0.2, -0.15) is 0 Å². The number of allylic oxidation sites excluding steroid dienone is 7. The Labute approximate surface area is 272 Å². The molecule has 0 aromatic heterocycles. The highest BCUT2D eigenvalue weighted by atomic mass is 16.3. The van der Waals surface area contributed by atoms with Crippen LogP contribution in [0.25, 0.3) is 0 Å². The molecule has 44 heavy (non-hydrogen) atoms. The van der Waals surface area contributed by atoms with E-state index in [1.807, 2.05) is 6.08 Å². The van der Waals surface area contributed by atoms with Crippen LogP contribution >= 0.6 is 0 Å². The smallest absolute Gasteiger partial charge is 0.222 e. The van der Waals surface area contributed by atoms with Crippen molar-refractivity contribution in [1.82, 2.24) is 5.32 Å². The Morgan fingerprint density at radius 2 is 0.977 bits per heavy atom. The first-order valence-corrected chi connectivity index (χ1v) is 18.4. The van der Waals surface area contributed by atoms with Gasteiger partial charge in [-0.25, -0.2) is 0 Å². The molecule has 0 fully saturated rings. The zero-order valence-corrected chi connectivity index (χ0v) is 28.8. The van der Waals surface area contributed by atoms with Crippen molar-refractivity contribution in [3.8, 4) is 0 Å². The van der Waals surface area contributed by atoms with Crippen molar-refractivity contribution in [3.63, 3.8) is 0 Å². The summed E-state index contributed by atoms with van der Waals surface area (Å²) in [4.78, 5) is 12.3. The Hall–Kier alpha value is -1.69. The molecule has 256 valence electrons. The minimum atomic E-state index is -0.962. The van der Waals surface area contributed by atoms with Gasteiger partial charge in [0.15, 0.2) is 0 Å². The van der Waals surface area contributed by atoms with Gasteiger partial charge in [0.2, 0.25) is 5.91 Å². The Kier molecular flexibility index (Phi) is 32.9. The third kappa shape index (κ3) is 30.3. The predicted molar refractivity (Wildman–Crippen MR) is 190 cm³/mol. The van der Waals surface area contributed by atoms with E-state index in [1.54, 1.807) is 6.08 Å². The average Bonchev–Trinajstić information content (AvgIpc) is 3.01. The minimum Gasteiger partial charge on any atom is -0.394 e. The third-order valence-electron chi connectivity index (χ3n) is 8.07. The van der Waals surface area contributed by atoms with E-state index in [-0.39, 0.29) is 18.9 Å². The third-order valence-corrected chi connectivity index (χ3v) is 8.07. The van der Waals surface area contributed by atoms with Crippen LogP contribution in [0.2, 0.25) is 0 Å². The van der Waals surface area contributed by atoms with Gasteiger partial charge >= 0.3 is 0 Å². The van der Waals surface area contributed by atoms with Crippen molar-refractivity contribution in [1.29, 1.82) is 0 Å². The molecule has 3 unspecified atom stereocenters. The first kappa shape index (κ1) is 42.3. The highest BCUT2D eigenvalue weighted by Gasteiger charge is 2.20. The van der Waals surface area contributed by atoms with Gasteiger partial charge in [0.25, 0.3) is 0 Å². The molecule has 0 aliphatic heterocycles. The SMILES string of the molecule is CCCCCCC/C=C/CC/C=C/CC/C=C/C(O)C(CO)NC(=O)CC(O)CCCCC/C=C\CCCCCCCCC. The lowest BCUT2D eigenvalue weighted by molar-refractivity contribution is -0.124. The van der Waals surface area contributed by atoms with E-state index in [4.69, 9.17) is 0 Å². The van der Waals surface area contributed by atoms with Crippen LogP contribution in [0.1, 0.15) is 168 Å². The van der Waals surface area contributed by atoms with Crippen LogP contribution in [0.5, 0.6) is 0 Å². The lowest BCUT2D eigenvalue weighted by Gasteiger charge is -2.20. The van der Waals surface area contributed by atoms with E-state index in [9.17, 15) is 20.1 Å². The molecule has 5 heteroatoms. The number of aliphatic hydroxyl groups is 3. The number of nitrogens with one attached hydrogen (secondary N) is 1. The molecule has 4 N–H and O–H groups in total. The predicted octanol–water partition coefficient (Wildman–Crippen LogP) is 9.81. The number of aliphatic hydroxyl groups excluding tert-OH is 3. The van der Waals surface area contributed by atoms with Gasteiger partial charge < -0.3 is 20.6 Å². The van der Waals surface area contributed by atoms with E-state index in [2.05, 4.69) is 55.6 Å². The summed E-state index contributed by atoms with van der Waals surface area (Å²) >= 11 is 0. The molecule has 0 aromatic carbocycles. The van der Waals surface area contributed by atoms with Crippen LogP contribution in [-0.4, -0.2) is 46.1 Å². The average molecular weight is 618 g/mol. The number of carbonyl (C=O) groups excluding carboxylic acids is 1. The molecular weight excluding hydrogens is 546 g/mol. The highest BCUT2D eigenvalue weighted by Crippen LogP contribution is 2.12. The lowest BCUT2D eigenvalue weighted by Crippen LogP contribution is -2.45. The Balaban J connectivity index is 3.86. The second-order valence-electron chi connectivity index (χ2n) is 12.5. The Morgan fingerprint density at radius 3 is 1.45 bits per heavy atom. The maximum absolute atomic E-state index is 12.3. The topological polar surface area (TPSA) is 89.8 Å². The summed E-state index contributed by atoms with van der Waals surface area (Å²) < 4.78 is 0. The zero-order valence-electron chi connectivity index (χ0n) is 28.8. The Morgan fingerprint density at radius 1 is 0.568 bits per heavy atom. The van der Waals surface area contributed by atoms with Crippen molar-refractivity contribution in [2.75, 3.05) is 6.61 Å². The molecule has 0 saturated carbocycles. The van der Waals surface area contributed by atoms with Crippen molar-refractivity contribution >= 4 is 5.91 Å². The second-order valence-corrected chi connectivity index (χ2v) is 12.5. The van der Waals surface area contributed by atoms with Crippen molar-refractivity contribution < 1.29 is 20.1 Å². The van der Waals surface area contributed by atoms with E-state index in [0.717, 1.165) is 51.4 Å². The number of carbonyl (C=O) groups is 1. The van der Waals surface area contributed by atoms with Crippen LogP contribution in [0.3, 0.4) is 0 Å². The summed E-state index contributed by atoms with van der Waals surface area (Å²) in [6.07, 6.45) is 42.3. The van der Waals surface area contributed by atoms with Gasteiger partial charge in [-0.05, 0) is 70.6 Å². The molecular formula is C39H71NO4. The molecule has 0 rings (SSSR count). The summed E-state index contributed by atoms with van der Waals surface area (Å²) in [6, 6.07) is -0.771. The zero-order chi connectivity index (χ0) is 32.4. The van der Waals surface area contributed by atoms with Crippen molar-refractivity contribution in [3.05, 3.63) is 48.6 Å². The molecule has 0 heterocycles. The molecule has 3 atom stereocenters. The molecule has 0 bridgehead atoms. The quantitative estimate of drug-likeness (QED) is 0.0447. The first-order valence-electron chi connectivity index (χ1n) is 18.4. The summed E-state index contributed by atoms with van der Waals surface area (Å²) in [5.41, 5.74) is 0. The van der Waals surface area contributed by atoms with Crippen LogP contribution in [0.4, 0.5) is 0 Å². The van der Waals surface area contributed by atoms with Crippen LogP contribution in [-0.2, 0) is 4.79 Å². The molecule has 0 aromatic rings. The lowest BCUT2D eigenvalue weighted by atomic mass is 10.1. The van der Waals surface area contributed by atoms with Crippen LogP contribution in [0.15, 0.2) is 48.6 Å². The number of hydrogen-bond donors (Lipinski definition) is 4. The number of amides is 1. The maximum atomic E-state index is 12.3. The van der Waals surface area contributed by atoms with Gasteiger partial charge in [-0.3, -0.25) is 4.79 Å². The van der Waals surface area contributed by atoms with Gasteiger partial charge in [0, 0.05) is 0 Å². The van der Waals surface area contributed by atoms with Crippen molar-refractivity contribution in [2.45, 2.75) is 186 Å². The van der Waals surface area contributed by atoms with Gasteiger partial charge in [0.1, 0.15) is 0 Å². The molecule has 0 aliphatic carbocycles. The number of unbranched alkanes of at least 4 members (excludes halogenated alkanes) is 17. The summed E-state index contributed by atoms with van der Waals surface area (Å²) in [5, 5.41) is 33.0. The fourth-order valence-corrected chi connectivity index (χ4v) is 5.19. The fraction of sp³-hybridized carbons (Fsp3) is 0.769. The molecule has 0 spiro atoms. The normalized spacial score (nSPS) is 14.4. The largest absolute Gasteiger partial charge is 0.394 e. The fourth-order valence-electron chi connectivity index (χ4n) is 5.19. The van der Waals surface area contributed by atoms with E-state index in [0.29, 0.717) is 6.42 Å². The second kappa shape index (κ2) is 34.2. The monoisotopic (exact) mass is 618 g/mol. The molecule has 1 amide bonds. The van der Waals surface area contributed by atoms with Crippen LogP contribution < -0.4 is 5.32 Å². The van der Waals surface area contributed by atoms with E-state index < -0.39 is 18.2 Å². The molecule has 5 nitrogen and oxygen atoms in total. The van der Waals surface area contributed by atoms with E-state index >= 15 is 0 Å². The number of rotatable bonds is 32. The molecule has 0 aliphatic rings. The highest BCUT2D eigenvalue weighted by molar-refractivity contribution is 5.76. The maximum Gasteiger partial charge on any atom is 0.222 e. The standard InChI is InChI=1S/C39H71NO4/c1-3-5-7-9-11-13-15-17-19-21-23-25-27-29-31-33-38(43)37(35-41)40-39(44)34-36(42)32-30-28-26-24-22-20-18-16-14-12-10-8-6-4-2/h15,17,20,22-23,25,31,33,36-38,41-43H,3-14,16,18-19,21,24,26-30,32,34-35H2,1-2H3,(H,40,44)/b17-15+,22-20-,25-23+,33-31+. The summed E-state index contributed by atoms with van der Waals surface area (Å²) in [7, 11) is 0. The van der Waals surface area contributed by atoms with Gasteiger partial charge in [0.05, 0.1) is 31.3 Å². The van der Waals surface area contributed by atoms with Gasteiger partial charge in [-0.1, -0.05) is 140 Å². The summed E-state index contributed by atoms with van der Waals surface area (Å²) in [6.45, 7) is 4.15.